The predicted octanol–water partition coefficient (Wildman–Crippen LogP) is 1.61. The van der Waals surface area contributed by atoms with Crippen LogP contribution in [0.2, 0.25) is 0 Å². The lowest BCUT2D eigenvalue weighted by molar-refractivity contribution is 1.03. The number of aromatic nitrogens is 3. The lowest BCUT2D eigenvalue weighted by Crippen LogP contribution is -1.98. The van der Waals surface area contributed by atoms with Gasteiger partial charge in [-0.15, -0.1) is 21.5 Å². The van der Waals surface area contributed by atoms with Crippen LogP contribution < -0.4 is 5.32 Å². The van der Waals surface area contributed by atoms with Crippen molar-refractivity contribution in [1.82, 2.24) is 15.2 Å². The first-order chi connectivity index (χ1) is 5.95. The summed E-state index contributed by atoms with van der Waals surface area (Å²) in [5, 5.41) is 13.5. The van der Waals surface area contributed by atoms with E-state index in [4.69, 9.17) is 0 Å². The van der Waals surface area contributed by atoms with E-state index in [1.807, 2.05) is 10.9 Å². The molecule has 1 N–H and O–H groups in total. The van der Waals surface area contributed by atoms with Gasteiger partial charge in [0.15, 0.2) is 0 Å². The van der Waals surface area contributed by atoms with Crippen LogP contribution in [-0.4, -0.2) is 15.2 Å². The summed E-state index contributed by atoms with van der Waals surface area (Å²) in [5.74, 6) is 0. The van der Waals surface area contributed by atoms with Gasteiger partial charge in [-0.25, -0.2) is 4.98 Å². The number of hydrogen-bond acceptors (Lipinski definition) is 6. The first-order valence-corrected chi connectivity index (χ1v) is 5.14. The lowest BCUT2D eigenvalue weighted by Gasteiger charge is -1.96. The molecule has 2 aromatic rings. The molecular formula is C6H6N4S2. The van der Waals surface area contributed by atoms with Gasteiger partial charge in [-0.3, -0.25) is 0 Å². The van der Waals surface area contributed by atoms with E-state index in [1.165, 1.54) is 11.3 Å². The number of nitrogens with zero attached hydrogens (tertiary/aromatic N) is 3. The fraction of sp³-hybridized carbons (Fsp3) is 0.167. The van der Waals surface area contributed by atoms with Crippen LogP contribution >= 0.6 is 22.7 Å². The van der Waals surface area contributed by atoms with Crippen molar-refractivity contribution < 1.29 is 0 Å². The highest BCUT2D eigenvalue weighted by Crippen LogP contribution is 2.10. The van der Waals surface area contributed by atoms with Crippen molar-refractivity contribution >= 4 is 27.8 Å². The minimum atomic E-state index is 0.721. The van der Waals surface area contributed by atoms with Gasteiger partial charge in [-0.05, 0) is 0 Å². The van der Waals surface area contributed by atoms with E-state index in [1.54, 1.807) is 16.8 Å². The highest BCUT2D eigenvalue weighted by molar-refractivity contribution is 7.13. The van der Waals surface area contributed by atoms with Crippen molar-refractivity contribution in [2.24, 2.45) is 0 Å². The van der Waals surface area contributed by atoms with Crippen molar-refractivity contribution in [2.75, 3.05) is 5.32 Å². The maximum Gasteiger partial charge on any atom is 0.205 e. The minimum Gasteiger partial charge on any atom is -0.354 e. The molecular weight excluding hydrogens is 192 g/mol. The number of anilines is 1. The molecule has 12 heavy (non-hydrogen) atoms. The molecule has 0 aromatic carbocycles. The van der Waals surface area contributed by atoms with Gasteiger partial charge in [0.2, 0.25) is 5.13 Å². The summed E-state index contributed by atoms with van der Waals surface area (Å²) in [7, 11) is 0. The molecule has 0 aliphatic rings. The van der Waals surface area contributed by atoms with Crippen LogP contribution in [-0.2, 0) is 6.54 Å². The largest absolute Gasteiger partial charge is 0.354 e. The molecule has 0 saturated carbocycles. The lowest BCUT2D eigenvalue weighted by atomic mass is 10.5. The molecule has 6 heteroatoms. The van der Waals surface area contributed by atoms with Gasteiger partial charge in [0, 0.05) is 5.38 Å². The molecule has 0 aliphatic carbocycles. The molecule has 0 unspecified atom stereocenters. The Kier molecular flexibility index (Phi) is 2.28. The fourth-order valence-electron chi connectivity index (χ4n) is 0.741. The normalized spacial score (nSPS) is 10.0. The highest BCUT2D eigenvalue weighted by Gasteiger charge is 1.96. The second-order valence-corrected chi connectivity index (χ2v) is 3.63. The SMILES string of the molecule is c1nc(CNc2nncs2)cs1. The monoisotopic (exact) mass is 198 g/mol. The molecule has 0 atom stereocenters. The fourth-order valence-corrected chi connectivity index (χ4v) is 1.74. The summed E-state index contributed by atoms with van der Waals surface area (Å²) in [5.41, 5.74) is 4.55. The van der Waals surface area contributed by atoms with Crippen molar-refractivity contribution in [3.05, 3.63) is 22.1 Å². The van der Waals surface area contributed by atoms with E-state index in [0.717, 1.165) is 17.4 Å². The maximum absolute atomic E-state index is 4.13. The molecule has 0 spiro atoms. The van der Waals surface area contributed by atoms with Crippen molar-refractivity contribution in [1.29, 1.82) is 0 Å². The number of nitrogens with one attached hydrogen (secondary N) is 1. The Morgan fingerprint density at radius 2 is 2.42 bits per heavy atom. The summed E-state index contributed by atoms with van der Waals surface area (Å²) >= 11 is 3.08. The zero-order valence-electron chi connectivity index (χ0n) is 6.10. The van der Waals surface area contributed by atoms with Crippen molar-refractivity contribution in [3.63, 3.8) is 0 Å². The molecule has 2 heterocycles. The maximum atomic E-state index is 4.13. The number of rotatable bonds is 3. The smallest absolute Gasteiger partial charge is 0.205 e. The molecule has 4 nitrogen and oxygen atoms in total. The van der Waals surface area contributed by atoms with Gasteiger partial charge in [-0.2, -0.15) is 0 Å². The molecule has 2 rings (SSSR count). The van der Waals surface area contributed by atoms with Crippen LogP contribution in [0.5, 0.6) is 0 Å². The Hall–Kier alpha value is -1.01. The zero-order chi connectivity index (χ0) is 8.23. The van der Waals surface area contributed by atoms with Gasteiger partial charge >= 0.3 is 0 Å². The van der Waals surface area contributed by atoms with Crippen LogP contribution in [0.4, 0.5) is 5.13 Å². The van der Waals surface area contributed by atoms with Crippen LogP contribution in [0.3, 0.4) is 0 Å². The van der Waals surface area contributed by atoms with Crippen molar-refractivity contribution in [2.45, 2.75) is 6.54 Å². The first-order valence-electron chi connectivity index (χ1n) is 3.32. The summed E-state index contributed by atoms with van der Waals surface area (Å²) in [6.07, 6.45) is 0. The second-order valence-electron chi connectivity index (χ2n) is 2.08. The molecule has 0 bridgehead atoms. The summed E-state index contributed by atoms with van der Waals surface area (Å²) in [6, 6.07) is 0. The molecule has 0 fully saturated rings. The van der Waals surface area contributed by atoms with Crippen molar-refractivity contribution in [3.8, 4) is 0 Å². The van der Waals surface area contributed by atoms with E-state index < -0.39 is 0 Å². The van der Waals surface area contributed by atoms with Crippen LogP contribution in [0.25, 0.3) is 0 Å². The van der Waals surface area contributed by atoms with E-state index in [0.29, 0.717) is 0 Å². The first kappa shape index (κ1) is 7.63. The average Bonchev–Trinajstić information content (AvgIpc) is 2.74. The van der Waals surface area contributed by atoms with Gasteiger partial charge in [0.05, 0.1) is 17.7 Å². The Bertz CT molecular complexity index is 281. The van der Waals surface area contributed by atoms with E-state index in [9.17, 15) is 0 Å². The summed E-state index contributed by atoms with van der Waals surface area (Å²) in [4.78, 5) is 4.13. The van der Waals surface area contributed by atoms with Crippen LogP contribution in [0.15, 0.2) is 16.4 Å². The third kappa shape index (κ3) is 1.77. The number of hydrogen-bond donors (Lipinski definition) is 1. The molecule has 62 valence electrons. The van der Waals surface area contributed by atoms with Gasteiger partial charge in [0.1, 0.15) is 5.51 Å². The van der Waals surface area contributed by atoms with E-state index in [2.05, 4.69) is 20.5 Å². The zero-order valence-corrected chi connectivity index (χ0v) is 7.73. The molecule has 0 radical (unpaired) electrons. The van der Waals surface area contributed by atoms with E-state index in [-0.39, 0.29) is 0 Å². The predicted molar refractivity (Wildman–Crippen MR) is 49.3 cm³/mol. The topological polar surface area (TPSA) is 50.7 Å². The Labute approximate surface area is 77.3 Å². The summed E-state index contributed by atoms with van der Waals surface area (Å²) in [6.45, 7) is 0.721. The Morgan fingerprint density at radius 1 is 1.42 bits per heavy atom. The average molecular weight is 198 g/mol. The van der Waals surface area contributed by atoms with Crippen LogP contribution in [0, 0.1) is 0 Å². The van der Waals surface area contributed by atoms with Gasteiger partial charge < -0.3 is 5.32 Å². The Balaban J connectivity index is 1.91. The quantitative estimate of drug-likeness (QED) is 0.814. The number of thiazole rings is 1. The van der Waals surface area contributed by atoms with E-state index >= 15 is 0 Å². The third-order valence-electron chi connectivity index (χ3n) is 1.26. The molecule has 0 saturated heterocycles. The second kappa shape index (κ2) is 3.59. The molecule has 0 aliphatic heterocycles. The summed E-state index contributed by atoms with van der Waals surface area (Å²) < 4.78 is 0. The van der Waals surface area contributed by atoms with Gasteiger partial charge in [-0.1, -0.05) is 11.3 Å². The highest BCUT2D eigenvalue weighted by atomic mass is 32.1. The Morgan fingerprint density at radius 3 is 3.08 bits per heavy atom. The molecule has 0 amide bonds. The van der Waals surface area contributed by atoms with Gasteiger partial charge in [0.25, 0.3) is 0 Å². The molecule has 2 aromatic heterocycles. The standard InChI is InChI=1S/C6H6N4S2/c1(5-2-11-3-8-5)7-6-10-9-4-12-6/h2-4H,1H2,(H,7,10). The van der Waals surface area contributed by atoms with Crippen LogP contribution in [0.1, 0.15) is 5.69 Å². The third-order valence-corrected chi connectivity index (χ3v) is 2.55. The minimum absolute atomic E-state index is 0.721.